The molecule has 0 unspecified atom stereocenters. The van der Waals surface area contributed by atoms with E-state index in [1.54, 1.807) is 0 Å². The molecule has 0 aromatic heterocycles. The van der Waals surface area contributed by atoms with Crippen LogP contribution in [0.1, 0.15) is 19.8 Å². The van der Waals surface area contributed by atoms with Crippen molar-refractivity contribution >= 4 is 0 Å². The van der Waals surface area contributed by atoms with Crippen LogP contribution in [0.4, 0.5) is 0 Å². The monoisotopic (exact) mass is 184 g/mol. The van der Waals surface area contributed by atoms with E-state index in [1.807, 2.05) is 6.92 Å². The number of hydrogen-bond acceptors (Lipinski definition) is 3. The number of aliphatic hydroxyl groups excluding tert-OH is 1. The maximum Gasteiger partial charge on any atom is 0.0639 e. The zero-order chi connectivity index (χ0) is 9.26. The van der Waals surface area contributed by atoms with Gasteiger partial charge in [0.25, 0.3) is 0 Å². The standard InChI is InChI=1S/C10H20N2O/c1-9(13)8-11-4-6-12(7-5-11)10-2-3-10/h9-10,13H,2-8H2,1H3/t9-/m0/s1. The molecule has 2 aliphatic rings. The molecule has 3 heteroatoms. The van der Waals surface area contributed by atoms with Gasteiger partial charge < -0.3 is 5.11 Å². The first-order valence-corrected chi connectivity index (χ1v) is 5.40. The highest BCUT2D eigenvalue weighted by Crippen LogP contribution is 2.27. The molecule has 0 amide bonds. The summed E-state index contributed by atoms with van der Waals surface area (Å²) in [5.41, 5.74) is 0. The minimum atomic E-state index is -0.174. The number of hydrogen-bond donors (Lipinski definition) is 1. The Morgan fingerprint density at radius 1 is 1.23 bits per heavy atom. The summed E-state index contributed by atoms with van der Waals surface area (Å²) in [5.74, 6) is 0. The number of β-amino-alcohol motifs (C(OH)–C–C–N with tert-alkyl or cyclic N) is 1. The van der Waals surface area contributed by atoms with Gasteiger partial charge in [0.05, 0.1) is 6.10 Å². The maximum atomic E-state index is 9.24. The minimum absolute atomic E-state index is 0.174. The van der Waals surface area contributed by atoms with Crippen molar-refractivity contribution in [2.75, 3.05) is 32.7 Å². The largest absolute Gasteiger partial charge is 0.392 e. The second kappa shape index (κ2) is 3.95. The third-order valence-electron chi connectivity index (χ3n) is 2.99. The summed E-state index contributed by atoms with van der Waals surface area (Å²) in [7, 11) is 0. The third-order valence-corrected chi connectivity index (χ3v) is 2.99. The van der Waals surface area contributed by atoms with Crippen LogP contribution in [0.15, 0.2) is 0 Å². The van der Waals surface area contributed by atoms with Crippen LogP contribution in [0.2, 0.25) is 0 Å². The van der Waals surface area contributed by atoms with Crippen molar-refractivity contribution in [3.63, 3.8) is 0 Å². The summed E-state index contributed by atoms with van der Waals surface area (Å²) in [6, 6.07) is 0.911. The molecule has 0 aromatic carbocycles. The van der Waals surface area contributed by atoms with E-state index in [0.29, 0.717) is 0 Å². The van der Waals surface area contributed by atoms with Crippen molar-refractivity contribution < 1.29 is 5.11 Å². The lowest BCUT2D eigenvalue weighted by molar-refractivity contribution is 0.0779. The van der Waals surface area contributed by atoms with E-state index < -0.39 is 0 Å². The van der Waals surface area contributed by atoms with E-state index in [0.717, 1.165) is 25.7 Å². The van der Waals surface area contributed by atoms with Crippen LogP contribution in [0.5, 0.6) is 0 Å². The molecule has 2 fully saturated rings. The van der Waals surface area contributed by atoms with Crippen molar-refractivity contribution in [2.45, 2.75) is 31.9 Å². The summed E-state index contributed by atoms with van der Waals surface area (Å²) >= 11 is 0. The van der Waals surface area contributed by atoms with Crippen LogP contribution in [0.3, 0.4) is 0 Å². The molecule has 0 radical (unpaired) electrons. The fraction of sp³-hybridized carbons (Fsp3) is 1.00. The van der Waals surface area contributed by atoms with Crippen LogP contribution in [0.25, 0.3) is 0 Å². The molecule has 0 aromatic rings. The van der Waals surface area contributed by atoms with E-state index in [2.05, 4.69) is 9.80 Å². The van der Waals surface area contributed by atoms with Gasteiger partial charge in [-0.1, -0.05) is 0 Å². The molecule has 1 N–H and O–H groups in total. The fourth-order valence-electron chi connectivity index (χ4n) is 2.12. The lowest BCUT2D eigenvalue weighted by Gasteiger charge is -2.35. The third kappa shape index (κ3) is 2.66. The van der Waals surface area contributed by atoms with Crippen molar-refractivity contribution in [1.29, 1.82) is 0 Å². The Balaban J connectivity index is 1.69. The van der Waals surface area contributed by atoms with Gasteiger partial charge in [0.15, 0.2) is 0 Å². The first kappa shape index (κ1) is 9.44. The molecule has 13 heavy (non-hydrogen) atoms. The zero-order valence-electron chi connectivity index (χ0n) is 8.45. The van der Waals surface area contributed by atoms with Crippen LogP contribution < -0.4 is 0 Å². The van der Waals surface area contributed by atoms with E-state index >= 15 is 0 Å². The molecule has 1 aliphatic carbocycles. The highest BCUT2D eigenvalue weighted by Gasteiger charge is 2.31. The topological polar surface area (TPSA) is 26.7 Å². The van der Waals surface area contributed by atoms with E-state index in [9.17, 15) is 5.11 Å². The second-order valence-electron chi connectivity index (χ2n) is 4.42. The smallest absolute Gasteiger partial charge is 0.0639 e. The van der Waals surface area contributed by atoms with Gasteiger partial charge in [-0.25, -0.2) is 0 Å². The average molecular weight is 184 g/mol. The number of rotatable bonds is 3. The zero-order valence-corrected chi connectivity index (χ0v) is 8.45. The summed E-state index contributed by atoms with van der Waals surface area (Å²) in [6.07, 6.45) is 2.65. The predicted molar refractivity (Wildman–Crippen MR) is 52.7 cm³/mol. The van der Waals surface area contributed by atoms with Gasteiger partial charge in [0.2, 0.25) is 0 Å². The molecule has 1 atom stereocenters. The Labute approximate surface area is 80.3 Å². The van der Waals surface area contributed by atoms with Crippen molar-refractivity contribution in [3.05, 3.63) is 0 Å². The molecule has 0 bridgehead atoms. The van der Waals surface area contributed by atoms with Crippen molar-refractivity contribution in [2.24, 2.45) is 0 Å². The van der Waals surface area contributed by atoms with Crippen LogP contribution >= 0.6 is 0 Å². The molecule has 0 spiro atoms. The molecular weight excluding hydrogens is 164 g/mol. The van der Waals surface area contributed by atoms with Gasteiger partial charge in [-0.3, -0.25) is 9.80 Å². The SMILES string of the molecule is C[C@H](O)CN1CCN(C2CC2)CC1. The number of piperazine rings is 1. The lowest BCUT2D eigenvalue weighted by atomic mass is 10.3. The van der Waals surface area contributed by atoms with Crippen molar-refractivity contribution in [1.82, 2.24) is 9.80 Å². The second-order valence-corrected chi connectivity index (χ2v) is 4.42. The maximum absolute atomic E-state index is 9.24. The minimum Gasteiger partial charge on any atom is -0.392 e. The van der Waals surface area contributed by atoms with Gasteiger partial charge in [-0.05, 0) is 19.8 Å². The van der Waals surface area contributed by atoms with Gasteiger partial charge in [-0.2, -0.15) is 0 Å². The van der Waals surface area contributed by atoms with Crippen molar-refractivity contribution in [3.8, 4) is 0 Å². The fourth-order valence-corrected chi connectivity index (χ4v) is 2.12. The normalized spacial score (nSPS) is 29.1. The molecule has 3 nitrogen and oxygen atoms in total. The first-order chi connectivity index (χ1) is 6.25. The molecule has 1 aliphatic heterocycles. The van der Waals surface area contributed by atoms with Gasteiger partial charge in [0.1, 0.15) is 0 Å². The first-order valence-electron chi connectivity index (χ1n) is 5.40. The van der Waals surface area contributed by atoms with Gasteiger partial charge in [0, 0.05) is 38.8 Å². The van der Waals surface area contributed by atoms with Gasteiger partial charge >= 0.3 is 0 Å². The molecule has 1 saturated heterocycles. The Kier molecular flexibility index (Phi) is 2.86. The molecule has 76 valence electrons. The Morgan fingerprint density at radius 3 is 2.31 bits per heavy atom. The highest BCUT2D eigenvalue weighted by molar-refractivity contribution is 4.87. The van der Waals surface area contributed by atoms with E-state index in [4.69, 9.17) is 0 Å². The molecule has 2 rings (SSSR count). The van der Waals surface area contributed by atoms with Crippen LogP contribution in [0, 0.1) is 0 Å². The quantitative estimate of drug-likeness (QED) is 0.676. The highest BCUT2D eigenvalue weighted by atomic mass is 16.3. The number of nitrogens with zero attached hydrogens (tertiary/aromatic N) is 2. The van der Waals surface area contributed by atoms with Gasteiger partial charge in [-0.15, -0.1) is 0 Å². The van der Waals surface area contributed by atoms with E-state index in [-0.39, 0.29) is 6.10 Å². The summed E-state index contributed by atoms with van der Waals surface area (Å²) in [6.45, 7) is 7.41. The predicted octanol–water partition coefficient (Wildman–Crippen LogP) is 0.147. The Bertz CT molecular complexity index is 160. The Hall–Kier alpha value is -0.120. The summed E-state index contributed by atoms with van der Waals surface area (Å²) < 4.78 is 0. The average Bonchev–Trinajstić information content (AvgIpc) is 2.87. The summed E-state index contributed by atoms with van der Waals surface area (Å²) in [4.78, 5) is 4.96. The summed E-state index contributed by atoms with van der Waals surface area (Å²) in [5, 5.41) is 9.24. The van der Waals surface area contributed by atoms with Crippen LogP contribution in [-0.4, -0.2) is 59.8 Å². The van der Waals surface area contributed by atoms with Crippen LogP contribution in [-0.2, 0) is 0 Å². The molecule has 1 saturated carbocycles. The van der Waals surface area contributed by atoms with E-state index in [1.165, 1.54) is 25.9 Å². The molecular formula is C10H20N2O. The lowest BCUT2D eigenvalue weighted by Crippen LogP contribution is -2.48. The molecule has 1 heterocycles. The number of aliphatic hydroxyl groups is 1. The Morgan fingerprint density at radius 2 is 1.85 bits per heavy atom.